The van der Waals surface area contributed by atoms with Crippen molar-refractivity contribution in [3.05, 3.63) is 0 Å². The quantitative estimate of drug-likeness (QED) is 0.816. The third-order valence-electron chi connectivity index (χ3n) is 5.12. The molecule has 2 fully saturated rings. The van der Waals surface area contributed by atoms with E-state index in [4.69, 9.17) is 0 Å². The molecule has 1 aliphatic heterocycles. The minimum absolute atomic E-state index is 0.0323. The smallest absolute Gasteiger partial charge is 0.240 e. The van der Waals surface area contributed by atoms with Gasteiger partial charge in [-0.15, -0.1) is 0 Å². The minimum atomic E-state index is -0.0323. The Morgan fingerprint density at radius 3 is 2.76 bits per heavy atom. The summed E-state index contributed by atoms with van der Waals surface area (Å²) < 4.78 is 0. The van der Waals surface area contributed by atoms with E-state index in [2.05, 4.69) is 26.1 Å². The number of likely N-dealkylation sites (N-methyl/N-ethyl adjacent to an activating group) is 1. The molecule has 0 radical (unpaired) electrons. The number of nitrogens with one attached hydrogen (secondary N) is 1. The summed E-state index contributed by atoms with van der Waals surface area (Å²) in [6.07, 6.45) is 4.84. The first kappa shape index (κ1) is 12.9. The largest absolute Gasteiger partial charge is 0.339 e. The Hall–Kier alpha value is -0.570. The molecule has 1 saturated heterocycles. The first-order chi connectivity index (χ1) is 7.97. The standard InChI is InChI=1S/C14H26N2O/c1-5-14(2,3)16(4)13(17)12-11-8-6-7-10(11)9-15-12/h10-12,15H,5-9H2,1-4H3. The van der Waals surface area contributed by atoms with Crippen LogP contribution in [0.15, 0.2) is 0 Å². The SMILES string of the molecule is CCC(C)(C)N(C)C(=O)C1NCC2CCCC21. The second kappa shape index (κ2) is 4.60. The number of fused-ring (bicyclic) bond motifs is 1. The van der Waals surface area contributed by atoms with Crippen molar-refractivity contribution in [3.63, 3.8) is 0 Å². The van der Waals surface area contributed by atoms with Gasteiger partial charge in [-0.3, -0.25) is 4.79 Å². The van der Waals surface area contributed by atoms with Crippen molar-refractivity contribution in [1.82, 2.24) is 10.2 Å². The van der Waals surface area contributed by atoms with Crippen LogP contribution in [0.25, 0.3) is 0 Å². The highest BCUT2D eigenvalue weighted by atomic mass is 16.2. The number of amides is 1. The van der Waals surface area contributed by atoms with Crippen molar-refractivity contribution in [3.8, 4) is 0 Å². The minimum Gasteiger partial charge on any atom is -0.339 e. The monoisotopic (exact) mass is 238 g/mol. The van der Waals surface area contributed by atoms with E-state index in [1.807, 2.05) is 11.9 Å². The Morgan fingerprint density at radius 1 is 1.41 bits per heavy atom. The van der Waals surface area contributed by atoms with Crippen LogP contribution in [-0.2, 0) is 4.79 Å². The average molecular weight is 238 g/mol. The van der Waals surface area contributed by atoms with E-state index >= 15 is 0 Å². The molecule has 0 aromatic carbocycles. The van der Waals surface area contributed by atoms with Crippen LogP contribution in [0.5, 0.6) is 0 Å². The maximum absolute atomic E-state index is 12.6. The van der Waals surface area contributed by atoms with Gasteiger partial charge in [-0.1, -0.05) is 13.3 Å². The molecule has 2 rings (SSSR count). The van der Waals surface area contributed by atoms with Crippen LogP contribution >= 0.6 is 0 Å². The molecular formula is C14H26N2O. The van der Waals surface area contributed by atoms with Gasteiger partial charge in [0.1, 0.15) is 0 Å². The lowest BCUT2D eigenvalue weighted by molar-refractivity contribution is -0.137. The highest BCUT2D eigenvalue weighted by Gasteiger charge is 2.44. The van der Waals surface area contributed by atoms with Gasteiger partial charge in [0.2, 0.25) is 5.91 Å². The van der Waals surface area contributed by atoms with E-state index in [0.29, 0.717) is 11.8 Å². The highest BCUT2D eigenvalue weighted by Crippen LogP contribution is 2.38. The second-order valence-corrected chi connectivity index (χ2v) is 6.30. The Labute approximate surface area is 105 Å². The first-order valence-corrected chi connectivity index (χ1v) is 6.98. The number of carbonyl (C=O) groups is 1. The highest BCUT2D eigenvalue weighted by molar-refractivity contribution is 5.83. The molecule has 0 aromatic rings. The summed E-state index contributed by atoms with van der Waals surface area (Å²) in [7, 11) is 1.95. The van der Waals surface area contributed by atoms with Crippen LogP contribution in [0.2, 0.25) is 0 Å². The number of rotatable bonds is 3. The fraction of sp³-hybridized carbons (Fsp3) is 0.929. The van der Waals surface area contributed by atoms with Gasteiger partial charge < -0.3 is 10.2 Å². The molecule has 1 heterocycles. The molecule has 3 nitrogen and oxygen atoms in total. The first-order valence-electron chi connectivity index (χ1n) is 6.98. The number of carbonyl (C=O) groups excluding carboxylic acids is 1. The van der Waals surface area contributed by atoms with Crippen LogP contribution in [-0.4, -0.2) is 36.0 Å². The normalized spacial score (nSPS) is 32.6. The van der Waals surface area contributed by atoms with Gasteiger partial charge in [0.15, 0.2) is 0 Å². The predicted molar refractivity (Wildman–Crippen MR) is 69.8 cm³/mol. The summed E-state index contributed by atoms with van der Waals surface area (Å²) in [5.41, 5.74) is -0.0323. The van der Waals surface area contributed by atoms with E-state index in [-0.39, 0.29) is 11.6 Å². The van der Waals surface area contributed by atoms with Crippen LogP contribution in [0.4, 0.5) is 0 Å². The van der Waals surface area contributed by atoms with E-state index in [1.165, 1.54) is 19.3 Å². The molecule has 1 aliphatic carbocycles. The van der Waals surface area contributed by atoms with Gasteiger partial charge >= 0.3 is 0 Å². The Morgan fingerprint density at radius 2 is 2.12 bits per heavy atom. The molecule has 98 valence electrons. The van der Waals surface area contributed by atoms with Crippen molar-refractivity contribution in [2.45, 2.75) is 58.0 Å². The lowest BCUT2D eigenvalue weighted by atomic mass is 9.91. The molecule has 1 amide bonds. The van der Waals surface area contributed by atoms with Crippen LogP contribution in [0, 0.1) is 11.8 Å². The van der Waals surface area contributed by atoms with Crippen molar-refractivity contribution < 1.29 is 4.79 Å². The molecule has 0 bridgehead atoms. The summed E-state index contributed by atoms with van der Waals surface area (Å²) in [6, 6.07) is 0.0818. The third kappa shape index (κ3) is 2.22. The zero-order chi connectivity index (χ0) is 12.6. The third-order valence-corrected chi connectivity index (χ3v) is 5.12. The second-order valence-electron chi connectivity index (χ2n) is 6.30. The van der Waals surface area contributed by atoms with Crippen molar-refractivity contribution in [2.75, 3.05) is 13.6 Å². The molecule has 1 N–H and O–H groups in total. The van der Waals surface area contributed by atoms with Crippen LogP contribution in [0.1, 0.15) is 46.5 Å². The average Bonchev–Trinajstić information content (AvgIpc) is 2.88. The Balaban J connectivity index is 2.05. The zero-order valence-electron chi connectivity index (χ0n) is 11.6. The number of nitrogens with zero attached hydrogens (tertiary/aromatic N) is 1. The topological polar surface area (TPSA) is 32.3 Å². The summed E-state index contributed by atoms with van der Waals surface area (Å²) in [4.78, 5) is 14.5. The van der Waals surface area contributed by atoms with Crippen molar-refractivity contribution in [2.24, 2.45) is 11.8 Å². The molecule has 2 aliphatic rings. The van der Waals surface area contributed by atoms with E-state index in [9.17, 15) is 4.79 Å². The molecule has 3 atom stereocenters. The zero-order valence-corrected chi connectivity index (χ0v) is 11.6. The van der Waals surface area contributed by atoms with Crippen LogP contribution in [0.3, 0.4) is 0 Å². The predicted octanol–water partition coefficient (Wildman–Crippen LogP) is 2.02. The van der Waals surface area contributed by atoms with Gasteiger partial charge in [0, 0.05) is 12.6 Å². The van der Waals surface area contributed by atoms with Gasteiger partial charge in [0.05, 0.1) is 6.04 Å². The van der Waals surface area contributed by atoms with Gasteiger partial charge in [-0.2, -0.15) is 0 Å². The van der Waals surface area contributed by atoms with E-state index in [0.717, 1.165) is 18.9 Å². The Kier molecular flexibility index (Phi) is 3.48. The summed E-state index contributed by atoms with van der Waals surface area (Å²) in [5.74, 6) is 1.64. The molecular weight excluding hydrogens is 212 g/mol. The van der Waals surface area contributed by atoms with E-state index in [1.54, 1.807) is 0 Å². The van der Waals surface area contributed by atoms with Crippen LogP contribution < -0.4 is 5.32 Å². The van der Waals surface area contributed by atoms with Crippen molar-refractivity contribution >= 4 is 5.91 Å². The molecule has 3 unspecified atom stereocenters. The summed E-state index contributed by atoms with van der Waals surface area (Å²) >= 11 is 0. The fourth-order valence-corrected chi connectivity index (χ4v) is 3.20. The molecule has 1 saturated carbocycles. The van der Waals surface area contributed by atoms with Gasteiger partial charge in [0.25, 0.3) is 0 Å². The molecule has 0 spiro atoms. The number of hydrogen-bond donors (Lipinski definition) is 1. The maximum atomic E-state index is 12.6. The number of hydrogen-bond acceptors (Lipinski definition) is 2. The molecule has 0 aromatic heterocycles. The Bertz CT molecular complexity index is 301. The van der Waals surface area contributed by atoms with Gasteiger partial charge in [-0.05, 0) is 51.5 Å². The molecule has 17 heavy (non-hydrogen) atoms. The lowest BCUT2D eigenvalue weighted by Crippen LogP contribution is -2.52. The summed E-state index contributed by atoms with van der Waals surface area (Å²) in [5, 5.41) is 3.44. The fourth-order valence-electron chi connectivity index (χ4n) is 3.20. The summed E-state index contributed by atoms with van der Waals surface area (Å²) in [6.45, 7) is 7.48. The lowest BCUT2D eigenvalue weighted by Gasteiger charge is -2.37. The van der Waals surface area contributed by atoms with Gasteiger partial charge in [-0.25, -0.2) is 0 Å². The molecule has 3 heteroatoms. The van der Waals surface area contributed by atoms with E-state index < -0.39 is 0 Å². The maximum Gasteiger partial charge on any atom is 0.240 e. The van der Waals surface area contributed by atoms with Crippen molar-refractivity contribution in [1.29, 1.82) is 0 Å².